The Bertz CT molecular complexity index is 554. The summed E-state index contributed by atoms with van der Waals surface area (Å²) >= 11 is 0. The number of amides is 1. The predicted molar refractivity (Wildman–Crippen MR) is 80.9 cm³/mol. The number of carbonyl (C=O) groups is 2. The van der Waals surface area contributed by atoms with Gasteiger partial charge in [-0.2, -0.15) is 0 Å². The Morgan fingerprint density at radius 2 is 2.05 bits per heavy atom. The van der Waals surface area contributed by atoms with E-state index < -0.39 is 0 Å². The summed E-state index contributed by atoms with van der Waals surface area (Å²) in [6.45, 7) is 3.26. The molecule has 1 saturated heterocycles. The molecule has 0 radical (unpaired) electrons. The molecule has 22 heavy (non-hydrogen) atoms. The van der Waals surface area contributed by atoms with Gasteiger partial charge < -0.3 is 10.1 Å². The van der Waals surface area contributed by atoms with Gasteiger partial charge in [0.1, 0.15) is 5.82 Å². The number of hydrogen-bond acceptors (Lipinski definition) is 4. The highest BCUT2D eigenvalue weighted by molar-refractivity contribution is 5.92. The average molecular weight is 308 g/mol. The summed E-state index contributed by atoms with van der Waals surface area (Å²) in [5.41, 5.74) is 1.00. The Labute approximate surface area is 129 Å². The first-order valence-electron chi connectivity index (χ1n) is 7.36. The van der Waals surface area contributed by atoms with Gasteiger partial charge in [0.15, 0.2) is 0 Å². The third-order valence-electron chi connectivity index (χ3n) is 3.94. The number of ether oxygens (including phenoxy) is 1. The van der Waals surface area contributed by atoms with Crippen LogP contribution in [0.25, 0.3) is 0 Å². The zero-order chi connectivity index (χ0) is 16.1. The fraction of sp³-hybridized carbons (Fsp3) is 0.500. The highest BCUT2D eigenvalue weighted by Gasteiger charge is 2.26. The van der Waals surface area contributed by atoms with E-state index in [4.69, 9.17) is 4.74 Å². The molecule has 1 aromatic carbocycles. The second-order valence-electron chi connectivity index (χ2n) is 5.59. The van der Waals surface area contributed by atoms with E-state index in [2.05, 4.69) is 5.32 Å². The highest BCUT2D eigenvalue weighted by Crippen LogP contribution is 2.18. The molecule has 1 amide bonds. The van der Waals surface area contributed by atoms with Crippen molar-refractivity contribution in [3.63, 3.8) is 0 Å². The van der Waals surface area contributed by atoms with Crippen molar-refractivity contribution < 1.29 is 18.7 Å². The smallest absolute Gasteiger partial charge is 0.308 e. The van der Waals surface area contributed by atoms with Crippen LogP contribution in [0.3, 0.4) is 0 Å². The lowest BCUT2D eigenvalue weighted by atomic mass is 9.97. The van der Waals surface area contributed by atoms with E-state index >= 15 is 0 Å². The molecule has 1 fully saturated rings. The minimum atomic E-state index is -0.336. The molecular formula is C16H21FN2O3. The summed E-state index contributed by atoms with van der Waals surface area (Å²) in [7, 11) is 1.39. The van der Waals surface area contributed by atoms with Gasteiger partial charge in [-0.3, -0.25) is 14.5 Å². The van der Waals surface area contributed by atoms with Crippen molar-refractivity contribution in [2.45, 2.75) is 19.8 Å². The molecule has 0 saturated carbocycles. The van der Waals surface area contributed by atoms with Crippen molar-refractivity contribution in [1.82, 2.24) is 4.90 Å². The molecule has 0 spiro atoms. The molecule has 0 unspecified atom stereocenters. The maximum atomic E-state index is 13.4. The van der Waals surface area contributed by atoms with Crippen molar-refractivity contribution in [3.05, 3.63) is 29.6 Å². The Hall–Kier alpha value is -1.95. The first-order chi connectivity index (χ1) is 10.5. The molecule has 0 aromatic heterocycles. The molecule has 120 valence electrons. The zero-order valence-corrected chi connectivity index (χ0v) is 12.9. The number of methoxy groups -OCH3 is 1. The molecule has 0 atom stereocenters. The summed E-state index contributed by atoms with van der Waals surface area (Å²) in [6.07, 6.45) is 1.39. The quantitative estimate of drug-likeness (QED) is 0.864. The molecule has 1 aliphatic heterocycles. The monoisotopic (exact) mass is 308 g/mol. The topological polar surface area (TPSA) is 58.6 Å². The minimum absolute atomic E-state index is 0.0736. The number of esters is 1. The molecular weight excluding hydrogens is 287 g/mol. The second-order valence-corrected chi connectivity index (χ2v) is 5.59. The van der Waals surface area contributed by atoms with Crippen LogP contribution in [0.2, 0.25) is 0 Å². The van der Waals surface area contributed by atoms with Crippen LogP contribution in [-0.2, 0) is 14.3 Å². The Kier molecular flexibility index (Phi) is 5.49. The molecule has 0 bridgehead atoms. The lowest BCUT2D eigenvalue weighted by Crippen LogP contribution is -2.41. The maximum Gasteiger partial charge on any atom is 0.308 e. The summed E-state index contributed by atoms with van der Waals surface area (Å²) in [5.74, 6) is -0.772. The number of carbonyl (C=O) groups excluding carboxylic acids is 2. The third-order valence-corrected chi connectivity index (χ3v) is 3.94. The van der Waals surface area contributed by atoms with Crippen LogP contribution in [-0.4, -0.2) is 43.5 Å². The summed E-state index contributed by atoms with van der Waals surface area (Å²) in [4.78, 5) is 25.4. The van der Waals surface area contributed by atoms with Gasteiger partial charge in [0.05, 0.1) is 19.6 Å². The first kappa shape index (κ1) is 16.4. The van der Waals surface area contributed by atoms with Gasteiger partial charge in [-0.1, -0.05) is 6.07 Å². The molecule has 6 heteroatoms. The summed E-state index contributed by atoms with van der Waals surface area (Å²) in [6, 6.07) is 4.63. The number of piperidine rings is 1. The van der Waals surface area contributed by atoms with Crippen LogP contribution in [0.1, 0.15) is 18.4 Å². The maximum absolute atomic E-state index is 13.4. The lowest BCUT2D eigenvalue weighted by Gasteiger charge is -2.29. The Morgan fingerprint density at radius 3 is 2.64 bits per heavy atom. The summed E-state index contributed by atoms with van der Waals surface area (Å²) < 4.78 is 18.2. The number of rotatable bonds is 4. The first-order valence-corrected chi connectivity index (χ1v) is 7.36. The van der Waals surface area contributed by atoms with Crippen LogP contribution in [0.4, 0.5) is 10.1 Å². The van der Waals surface area contributed by atoms with Gasteiger partial charge >= 0.3 is 5.97 Å². The number of hydrogen-bond donors (Lipinski definition) is 1. The van der Waals surface area contributed by atoms with Crippen LogP contribution in [0.15, 0.2) is 18.2 Å². The van der Waals surface area contributed by atoms with E-state index in [-0.39, 0.29) is 30.2 Å². The molecule has 1 aromatic rings. The van der Waals surface area contributed by atoms with Gasteiger partial charge in [0.2, 0.25) is 5.91 Å². The SMILES string of the molecule is COC(=O)C1CCN(CC(=O)Nc2ccc(C)c(F)c2)CC1. The van der Waals surface area contributed by atoms with Gasteiger partial charge in [-0.05, 0) is 50.6 Å². The van der Waals surface area contributed by atoms with Crippen molar-refractivity contribution in [1.29, 1.82) is 0 Å². The lowest BCUT2D eigenvalue weighted by molar-refractivity contribution is -0.147. The van der Waals surface area contributed by atoms with E-state index in [9.17, 15) is 14.0 Å². The zero-order valence-electron chi connectivity index (χ0n) is 12.9. The number of benzene rings is 1. The Balaban J connectivity index is 1.80. The molecule has 1 heterocycles. The molecule has 1 N–H and O–H groups in total. The van der Waals surface area contributed by atoms with E-state index in [0.29, 0.717) is 37.2 Å². The molecule has 1 aliphatic rings. The van der Waals surface area contributed by atoms with E-state index in [1.807, 2.05) is 4.90 Å². The van der Waals surface area contributed by atoms with Crippen LogP contribution < -0.4 is 5.32 Å². The van der Waals surface area contributed by atoms with Crippen LogP contribution >= 0.6 is 0 Å². The molecule has 5 nitrogen and oxygen atoms in total. The molecule has 2 rings (SSSR count). The van der Waals surface area contributed by atoms with Crippen molar-refractivity contribution >= 4 is 17.6 Å². The van der Waals surface area contributed by atoms with Crippen LogP contribution in [0.5, 0.6) is 0 Å². The second kappa shape index (κ2) is 7.35. The fourth-order valence-corrected chi connectivity index (χ4v) is 2.57. The van der Waals surface area contributed by atoms with Gasteiger partial charge in [0, 0.05) is 5.69 Å². The van der Waals surface area contributed by atoms with Gasteiger partial charge in [-0.15, -0.1) is 0 Å². The van der Waals surface area contributed by atoms with E-state index in [1.54, 1.807) is 19.1 Å². The summed E-state index contributed by atoms with van der Waals surface area (Å²) in [5, 5.41) is 2.69. The predicted octanol–water partition coefficient (Wildman–Crippen LogP) is 1.96. The number of aryl methyl sites for hydroxylation is 1. The van der Waals surface area contributed by atoms with Gasteiger partial charge in [0.25, 0.3) is 0 Å². The van der Waals surface area contributed by atoms with Crippen molar-refractivity contribution in [3.8, 4) is 0 Å². The van der Waals surface area contributed by atoms with Gasteiger partial charge in [-0.25, -0.2) is 4.39 Å². The normalized spacial score (nSPS) is 16.3. The Morgan fingerprint density at radius 1 is 1.36 bits per heavy atom. The molecule has 0 aliphatic carbocycles. The van der Waals surface area contributed by atoms with Crippen LogP contribution in [0, 0.1) is 18.7 Å². The van der Waals surface area contributed by atoms with Crippen molar-refractivity contribution in [2.75, 3.05) is 32.1 Å². The number of nitrogens with zero attached hydrogens (tertiary/aromatic N) is 1. The van der Waals surface area contributed by atoms with E-state index in [0.717, 1.165) is 0 Å². The number of nitrogens with one attached hydrogen (secondary N) is 1. The number of likely N-dealkylation sites (tertiary alicyclic amines) is 1. The largest absolute Gasteiger partial charge is 0.469 e. The van der Waals surface area contributed by atoms with Crippen molar-refractivity contribution in [2.24, 2.45) is 5.92 Å². The van der Waals surface area contributed by atoms with E-state index in [1.165, 1.54) is 13.2 Å². The third kappa shape index (κ3) is 4.27. The number of halogens is 1. The fourth-order valence-electron chi connectivity index (χ4n) is 2.57. The highest BCUT2D eigenvalue weighted by atomic mass is 19.1. The number of anilines is 1. The standard InChI is InChI=1S/C16H21FN2O3/c1-11-3-4-13(9-14(11)17)18-15(20)10-19-7-5-12(6-8-19)16(21)22-2/h3-4,9,12H,5-8,10H2,1-2H3,(H,18,20). The average Bonchev–Trinajstić information content (AvgIpc) is 2.51. The minimum Gasteiger partial charge on any atom is -0.469 e.